The molecule has 40 heavy (non-hydrogen) atoms. The van der Waals surface area contributed by atoms with E-state index in [9.17, 15) is 9.59 Å². The fourth-order valence-corrected chi connectivity index (χ4v) is 5.88. The van der Waals surface area contributed by atoms with Crippen molar-refractivity contribution >= 4 is 23.4 Å². The summed E-state index contributed by atoms with van der Waals surface area (Å²) < 4.78 is 18.9. The number of nitrogens with zero attached hydrogens (tertiary/aromatic N) is 2. The van der Waals surface area contributed by atoms with Crippen LogP contribution in [0, 0.1) is 13.8 Å². The van der Waals surface area contributed by atoms with E-state index in [0.29, 0.717) is 33.0 Å². The minimum Gasteiger partial charge on any atom is -0.496 e. The predicted molar refractivity (Wildman–Crippen MR) is 155 cm³/mol. The molecule has 0 bridgehead atoms. The summed E-state index contributed by atoms with van der Waals surface area (Å²) in [6, 6.07) is 20.5. The van der Waals surface area contributed by atoms with Crippen LogP contribution in [0.15, 0.2) is 87.8 Å². The fourth-order valence-electron chi connectivity index (χ4n) is 4.83. The summed E-state index contributed by atoms with van der Waals surface area (Å²) in [5, 5.41) is 0. The molecular formula is C32H30N2O5S. The second kappa shape index (κ2) is 11.4. The molecule has 0 unspecified atom stereocenters. The standard InChI is InChI=1S/C32H30N2O5S/c1-19-10-9-13-25(20(19)2)39-18-24-16-22(14-15-26(24)37-4)17-27-30(35)34-29(23-11-7-6-8-12-23)28(31(36)38-5)21(3)33-32(34)40-27/h6-17,29H,18H2,1-5H3/b27-17-/t29-/m0/s1. The minimum atomic E-state index is -0.635. The van der Waals surface area contributed by atoms with Crippen molar-refractivity contribution in [2.75, 3.05) is 14.2 Å². The average molecular weight is 555 g/mol. The molecule has 8 heteroatoms. The maximum absolute atomic E-state index is 13.8. The topological polar surface area (TPSA) is 79.1 Å². The maximum atomic E-state index is 13.8. The fraction of sp³-hybridized carbons (Fsp3) is 0.219. The highest BCUT2D eigenvalue weighted by Gasteiger charge is 2.32. The summed E-state index contributed by atoms with van der Waals surface area (Å²) in [4.78, 5) is 31.8. The normalized spacial score (nSPS) is 14.9. The molecule has 204 valence electrons. The lowest BCUT2D eigenvalue weighted by atomic mass is 9.96. The van der Waals surface area contributed by atoms with Crippen LogP contribution in [0.5, 0.6) is 11.5 Å². The Balaban J connectivity index is 1.57. The number of thiazole rings is 1. The number of aromatic nitrogens is 1. The third kappa shape index (κ3) is 5.10. The number of aryl methyl sites for hydroxylation is 1. The Hall–Kier alpha value is -4.43. The second-order valence-corrected chi connectivity index (χ2v) is 10.6. The molecule has 3 aromatic carbocycles. The van der Waals surface area contributed by atoms with Crippen molar-refractivity contribution in [3.8, 4) is 11.5 Å². The number of rotatable bonds is 7. The molecule has 1 aromatic heterocycles. The van der Waals surface area contributed by atoms with E-state index in [4.69, 9.17) is 14.2 Å². The summed E-state index contributed by atoms with van der Waals surface area (Å²) in [6.45, 7) is 6.17. The first-order valence-corrected chi connectivity index (χ1v) is 13.7. The molecule has 1 aliphatic heterocycles. The zero-order chi connectivity index (χ0) is 28.4. The van der Waals surface area contributed by atoms with Crippen molar-refractivity contribution in [2.45, 2.75) is 33.4 Å². The van der Waals surface area contributed by atoms with Crippen LogP contribution in [-0.2, 0) is 16.1 Å². The molecule has 5 rings (SSSR count). The summed E-state index contributed by atoms with van der Waals surface area (Å²) in [5.74, 6) is 1.01. The van der Waals surface area contributed by atoms with E-state index in [-0.39, 0.29) is 5.56 Å². The smallest absolute Gasteiger partial charge is 0.338 e. The Kier molecular flexibility index (Phi) is 7.71. The van der Waals surface area contributed by atoms with E-state index in [2.05, 4.69) is 18.0 Å². The largest absolute Gasteiger partial charge is 0.496 e. The van der Waals surface area contributed by atoms with E-state index in [1.54, 1.807) is 18.6 Å². The molecule has 0 saturated heterocycles. The molecule has 0 saturated carbocycles. The number of esters is 1. The van der Waals surface area contributed by atoms with Crippen molar-refractivity contribution < 1.29 is 19.0 Å². The highest BCUT2D eigenvalue weighted by atomic mass is 32.1. The van der Waals surface area contributed by atoms with Crippen molar-refractivity contribution in [3.05, 3.63) is 126 Å². The molecule has 0 N–H and O–H groups in total. The van der Waals surface area contributed by atoms with Gasteiger partial charge in [-0.05, 0) is 67.3 Å². The van der Waals surface area contributed by atoms with E-state index >= 15 is 0 Å². The van der Waals surface area contributed by atoms with Crippen molar-refractivity contribution in [1.29, 1.82) is 0 Å². The van der Waals surface area contributed by atoms with Gasteiger partial charge in [-0.15, -0.1) is 0 Å². The number of hydrogen-bond donors (Lipinski definition) is 0. The first-order valence-electron chi connectivity index (χ1n) is 12.8. The van der Waals surface area contributed by atoms with Crippen LogP contribution in [0.1, 0.15) is 40.8 Å². The van der Waals surface area contributed by atoms with Gasteiger partial charge in [-0.2, -0.15) is 0 Å². The number of carbonyl (C=O) groups is 1. The van der Waals surface area contributed by atoms with Gasteiger partial charge in [0.05, 0.1) is 36.1 Å². The highest BCUT2D eigenvalue weighted by molar-refractivity contribution is 7.07. The Labute approximate surface area is 236 Å². The zero-order valence-electron chi connectivity index (χ0n) is 23.1. The summed E-state index contributed by atoms with van der Waals surface area (Å²) in [7, 11) is 2.96. The van der Waals surface area contributed by atoms with Crippen LogP contribution in [-0.4, -0.2) is 24.8 Å². The number of allylic oxidation sites excluding steroid dienone is 1. The molecule has 0 amide bonds. The Bertz CT molecular complexity index is 1800. The van der Waals surface area contributed by atoms with Gasteiger partial charge in [0, 0.05) is 5.56 Å². The van der Waals surface area contributed by atoms with Gasteiger partial charge in [0.2, 0.25) is 0 Å². The Morgan fingerprint density at radius 2 is 1.77 bits per heavy atom. The average Bonchev–Trinajstić information content (AvgIpc) is 3.27. The lowest BCUT2D eigenvalue weighted by Crippen LogP contribution is -2.39. The summed E-state index contributed by atoms with van der Waals surface area (Å²) >= 11 is 1.29. The third-order valence-electron chi connectivity index (χ3n) is 7.08. The first kappa shape index (κ1) is 27.1. The van der Waals surface area contributed by atoms with Crippen LogP contribution >= 0.6 is 11.3 Å². The highest BCUT2D eigenvalue weighted by Crippen LogP contribution is 2.30. The van der Waals surface area contributed by atoms with Crippen LogP contribution in [0.3, 0.4) is 0 Å². The van der Waals surface area contributed by atoms with Crippen LogP contribution in [0.25, 0.3) is 6.08 Å². The number of methoxy groups -OCH3 is 2. The Morgan fingerprint density at radius 3 is 2.50 bits per heavy atom. The van der Waals surface area contributed by atoms with E-state index < -0.39 is 12.0 Å². The van der Waals surface area contributed by atoms with Gasteiger partial charge in [-0.3, -0.25) is 9.36 Å². The van der Waals surface area contributed by atoms with E-state index in [0.717, 1.165) is 33.6 Å². The van der Waals surface area contributed by atoms with Gasteiger partial charge in [-0.25, -0.2) is 9.79 Å². The van der Waals surface area contributed by atoms with Gasteiger partial charge >= 0.3 is 5.97 Å². The predicted octanol–water partition coefficient (Wildman–Crippen LogP) is 4.61. The van der Waals surface area contributed by atoms with Crippen molar-refractivity contribution in [3.63, 3.8) is 0 Å². The van der Waals surface area contributed by atoms with E-state index in [1.165, 1.54) is 18.4 Å². The number of carbonyl (C=O) groups excluding carboxylic acids is 1. The van der Waals surface area contributed by atoms with Gasteiger partial charge in [-0.1, -0.05) is 59.9 Å². The van der Waals surface area contributed by atoms with Gasteiger partial charge in [0.15, 0.2) is 4.80 Å². The zero-order valence-corrected chi connectivity index (χ0v) is 23.9. The van der Waals surface area contributed by atoms with Gasteiger partial charge in [0.25, 0.3) is 5.56 Å². The summed E-state index contributed by atoms with van der Waals surface area (Å²) in [5.41, 5.74) is 5.39. The molecule has 1 aliphatic rings. The maximum Gasteiger partial charge on any atom is 0.338 e. The van der Waals surface area contributed by atoms with Crippen LogP contribution in [0.2, 0.25) is 0 Å². The molecule has 0 fully saturated rings. The molecule has 7 nitrogen and oxygen atoms in total. The molecular weight excluding hydrogens is 524 g/mol. The second-order valence-electron chi connectivity index (χ2n) is 9.54. The number of fused-ring (bicyclic) bond motifs is 1. The third-order valence-corrected chi connectivity index (χ3v) is 8.07. The van der Waals surface area contributed by atoms with Crippen LogP contribution < -0.4 is 24.4 Å². The molecule has 4 aromatic rings. The molecule has 2 heterocycles. The lowest BCUT2D eigenvalue weighted by molar-refractivity contribution is -0.136. The van der Waals surface area contributed by atoms with Gasteiger partial charge in [0.1, 0.15) is 18.1 Å². The Morgan fingerprint density at radius 1 is 1.00 bits per heavy atom. The lowest BCUT2D eigenvalue weighted by Gasteiger charge is -2.24. The first-order chi connectivity index (χ1) is 19.3. The van der Waals surface area contributed by atoms with Crippen molar-refractivity contribution in [2.24, 2.45) is 4.99 Å². The molecule has 0 radical (unpaired) electrons. The SMILES string of the molecule is COC(=O)C1=C(C)N=c2s/c(=C\c3ccc(OC)c(COc4cccc(C)c4C)c3)c(=O)n2[C@H]1c1ccccc1. The number of hydrogen-bond acceptors (Lipinski definition) is 7. The monoisotopic (exact) mass is 554 g/mol. The van der Waals surface area contributed by atoms with Crippen LogP contribution in [0.4, 0.5) is 0 Å². The summed E-state index contributed by atoms with van der Waals surface area (Å²) in [6.07, 6.45) is 1.84. The minimum absolute atomic E-state index is 0.226. The molecule has 0 aliphatic carbocycles. The number of ether oxygens (including phenoxy) is 3. The molecule has 1 atom stereocenters. The quantitative estimate of drug-likeness (QED) is 0.312. The van der Waals surface area contributed by atoms with Gasteiger partial charge < -0.3 is 14.2 Å². The number of benzene rings is 3. The van der Waals surface area contributed by atoms with E-state index in [1.807, 2.05) is 73.7 Å². The molecule has 0 spiro atoms. The van der Waals surface area contributed by atoms with Crippen molar-refractivity contribution in [1.82, 2.24) is 4.57 Å².